The summed E-state index contributed by atoms with van der Waals surface area (Å²) < 4.78 is 31.9. The highest BCUT2D eigenvalue weighted by Gasteiger charge is 2.35. The van der Waals surface area contributed by atoms with Crippen molar-refractivity contribution in [3.8, 4) is 0 Å². The molecule has 0 bridgehead atoms. The van der Waals surface area contributed by atoms with E-state index < -0.39 is 16.0 Å². The van der Waals surface area contributed by atoms with Crippen molar-refractivity contribution in [1.29, 1.82) is 0 Å². The van der Waals surface area contributed by atoms with E-state index >= 15 is 0 Å². The van der Waals surface area contributed by atoms with Crippen LogP contribution in [0.3, 0.4) is 0 Å². The quantitative estimate of drug-likeness (QED) is 0.832. The number of hydrogen-bond donors (Lipinski definition) is 1. The first kappa shape index (κ1) is 17.0. The van der Waals surface area contributed by atoms with E-state index in [-0.39, 0.29) is 23.2 Å². The zero-order valence-electron chi connectivity index (χ0n) is 13.3. The molecule has 0 atom stereocenters. The summed E-state index contributed by atoms with van der Waals surface area (Å²) in [5, 5.41) is 6.20. The van der Waals surface area contributed by atoms with Gasteiger partial charge in [0.2, 0.25) is 5.03 Å². The van der Waals surface area contributed by atoms with E-state index in [0.29, 0.717) is 5.69 Å². The minimum atomic E-state index is -3.82. The minimum Gasteiger partial charge on any atom is -0.462 e. The fourth-order valence-electron chi connectivity index (χ4n) is 2.81. The average molecular weight is 329 g/mol. The Kier molecular flexibility index (Phi) is 5.23. The number of H-pyrrole nitrogens is 1. The first-order valence-corrected chi connectivity index (χ1v) is 9.03. The van der Waals surface area contributed by atoms with Gasteiger partial charge in [-0.05, 0) is 26.7 Å². The van der Waals surface area contributed by atoms with Crippen LogP contribution >= 0.6 is 0 Å². The van der Waals surface area contributed by atoms with Gasteiger partial charge in [-0.3, -0.25) is 5.10 Å². The molecular formula is C14H23N3O4S. The summed E-state index contributed by atoms with van der Waals surface area (Å²) in [6.07, 6.45) is 4.87. The fraction of sp³-hybridized carbons (Fsp3) is 0.714. The van der Waals surface area contributed by atoms with Crippen molar-refractivity contribution >= 4 is 16.0 Å². The Morgan fingerprint density at radius 1 is 1.36 bits per heavy atom. The number of hydrogen-bond acceptors (Lipinski definition) is 5. The Bertz CT molecular complexity index is 633. The van der Waals surface area contributed by atoms with E-state index in [2.05, 4.69) is 10.2 Å². The standard InChI is InChI=1S/C14H23N3O4S/c1-4-21-14(18)12-10(2)15-16-13(12)22(19,20)17(3)11-8-6-5-7-9-11/h11H,4-9H2,1-3H3,(H,15,16). The van der Waals surface area contributed by atoms with E-state index in [1.165, 1.54) is 4.31 Å². The maximum atomic E-state index is 12.8. The lowest BCUT2D eigenvalue weighted by molar-refractivity contribution is 0.0520. The number of esters is 1. The van der Waals surface area contributed by atoms with Crippen molar-refractivity contribution in [1.82, 2.24) is 14.5 Å². The van der Waals surface area contributed by atoms with Crippen molar-refractivity contribution in [3.05, 3.63) is 11.3 Å². The van der Waals surface area contributed by atoms with Gasteiger partial charge in [0.25, 0.3) is 10.0 Å². The molecule has 0 amide bonds. The molecule has 1 fully saturated rings. The number of aromatic amines is 1. The molecule has 2 rings (SSSR count). The molecule has 0 aliphatic heterocycles. The van der Waals surface area contributed by atoms with Gasteiger partial charge in [-0.2, -0.15) is 9.40 Å². The third-order valence-electron chi connectivity index (χ3n) is 4.11. The molecule has 1 aromatic rings. The fourth-order valence-corrected chi connectivity index (χ4v) is 4.35. The Labute approximate surface area is 131 Å². The van der Waals surface area contributed by atoms with Crippen LogP contribution in [0.2, 0.25) is 0 Å². The van der Waals surface area contributed by atoms with Crippen LogP contribution < -0.4 is 0 Å². The monoisotopic (exact) mass is 329 g/mol. The third kappa shape index (κ3) is 3.17. The summed E-state index contributed by atoms with van der Waals surface area (Å²) in [4.78, 5) is 12.0. The minimum absolute atomic E-state index is 0.00418. The van der Waals surface area contributed by atoms with Gasteiger partial charge in [0.15, 0.2) is 0 Å². The molecule has 0 aromatic carbocycles. The number of rotatable bonds is 5. The molecule has 0 radical (unpaired) electrons. The average Bonchev–Trinajstić information content (AvgIpc) is 2.90. The Morgan fingerprint density at radius 2 is 2.00 bits per heavy atom. The summed E-state index contributed by atoms with van der Waals surface area (Å²) in [7, 11) is -2.26. The third-order valence-corrected chi connectivity index (χ3v) is 5.95. The highest BCUT2D eigenvalue weighted by molar-refractivity contribution is 7.89. The van der Waals surface area contributed by atoms with Crippen LogP contribution in [0.4, 0.5) is 0 Å². The summed E-state index contributed by atoms with van der Waals surface area (Å²) in [5.41, 5.74) is 0.401. The van der Waals surface area contributed by atoms with Gasteiger partial charge in [0.05, 0.1) is 6.61 Å². The van der Waals surface area contributed by atoms with Crippen LogP contribution in [0, 0.1) is 6.92 Å². The number of carbonyl (C=O) groups excluding carboxylic acids is 1. The van der Waals surface area contributed by atoms with Gasteiger partial charge in [-0.25, -0.2) is 13.2 Å². The largest absolute Gasteiger partial charge is 0.462 e. The summed E-state index contributed by atoms with van der Waals surface area (Å²) >= 11 is 0. The van der Waals surface area contributed by atoms with Crippen molar-refractivity contribution in [2.45, 2.75) is 57.0 Å². The Hall–Kier alpha value is -1.41. The predicted octanol–water partition coefficient (Wildman–Crippen LogP) is 1.85. The van der Waals surface area contributed by atoms with Crippen molar-refractivity contribution in [2.24, 2.45) is 0 Å². The van der Waals surface area contributed by atoms with Crippen LogP contribution in [0.1, 0.15) is 55.1 Å². The van der Waals surface area contributed by atoms with Gasteiger partial charge in [-0.1, -0.05) is 19.3 Å². The lowest BCUT2D eigenvalue weighted by Crippen LogP contribution is -2.39. The zero-order valence-corrected chi connectivity index (χ0v) is 14.1. The molecule has 8 heteroatoms. The first-order chi connectivity index (χ1) is 10.4. The molecule has 0 spiro atoms. The molecule has 1 aliphatic rings. The highest BCUT2D eigenvalue weighted by atomic mass is 32.2. The van der Waals surface area contributed by atoms with Crippen molar-refractivity contribution < 1.29 is 17.9 Å². The summed E-state index contributed by atoms with van der Waals surface area (Å²) in [5.74, 6) is -0.663. The molecule has 22 heavy (non-hydrogen) atoms. The van der Waals surface area contributed by atoms with Crippen LogP contribution in [0.25, 0.3) is 0 Å². The summed E-state index contributed by atoms with van der Waals surface area (Å²) in [6.45, 7) is 3.47. The molecular weight excluding hydrogens is 306 g/mol. The lowest BCUT2D eigenvalue weighted by atomic mass is 9.96. The van der Waals surface area contributed by atoms with Crippen molar-refractivity contribution in [3.63, 3.8) is 0 Å². The van der Waals surface area contributed by atoms with Gasteiger partial charge < -0.3 is 4.74 Å². The topological polar surface area (TPSA) is 92.4 Å². The van der Waals surface area contributed by atoms with Crippen LogP contribution in [-0.4, -0.2) is 48.6 Å². The Morgan fingerprint density at radius 3 is 2.59 bits per heavy atom. The first-order valence-electron chi connectivity index (χ1n) is 7.59. The number of carbonyl (C=O) groups is 1. The second-order valence-electron chi connectivity index (χ2n) is 5.56. The SMILES string of the molecule is CCOC(=O)c1c(S(=O)(=O)N(C)C2CCCCC2)n[nH]c1C. The maximum absolute atomic E-state index is 12.8. The molecule has 1 saturated carbocycles. The number of aryl methyl sites for hydroxylation is 1. The maximum Gasteiger partial charge on any atom is 0.343 e. The highest BCUT2D eigenvalue weighted by Crippen LogP contribution is 2.28. The normalized spacial score (nSPS) is 16.9. The number of nitrogens with one attached hydrogen (secondary N) is 1. The molecule has 1 aromatic heterocycles. The van der Waals surface area contributed by atoms with Gasteiger partial charge in [0.1, 0.15) is 5.56 Å². The van der Waals surface area contributed by atoms with Crippen molar-refractivity contribution in [2.75, 3.05) is 13.7 Å². The van der Waals surface area contributed by atoms with Crippen LogP contribution in [0.5, 0.6) is 0 Å². The number of aromatic nitrogens is 2. The van der Waals surface area contributed by atoms with Gasteiger partial charge in [-0.15, -0.1) is 0 Å². The smallest absolute Gasteiger partial charge is 0.343 e. The van der Waals surface area contributed by atoms with Gasteiger partial charge in [0, 0.05) is 18.8 Å². The number of sulfonamides is 1. The second kappa shape index (κ2) is 6.78. The van der Waals surface area contributed by atoms with Crippen LogP contribution in [-0.2, 0) is 14.8 Å². The van der Waals surface area contributed by atoms with E-state index in [1.807, 2.05) is 0 Å². The molecule has 1 N–H and O–H groups in total. The van der Waals surface area contributed by atoms with E-state index in [0.717, 1.165) is 32.1 Å². The van der Waals surface area contributed by atoms with Gasteiger partial charge >= 0.3 is 5.97 Å². The second-order valence-corrected chi connectivity index (χ2v) is 7.48. The van der Waals surface area contributed by atoms with E-state index in [9.17, 15) is 13.2 Å². The molecule has 1 aliphatic carbocycles. The van der Waals surface area contributed by atoms with E-state index in [4.69, 9.17) is 4.74 Å². The Balaban J connectivity index is 2.35. The summed E-state index contributed by atoms with van der Waals surface area (Å²) in [6, 6.07) is -0.0363. The number of ether oxygens (including phenoxy) is 1. The van der Waals surface area contributed by atoms with E-state index in [1.54, 1.807) is 20.9 Å². The van der Waals surface area contributed by atoms with Crippen LogP contribution in [0.15, 0.2) is 5.03 Å². The molecule has 0 unspecified atom stereocenters. The molecule has 1 heterocycles. The zero-order chi connectivity index (χ0) is 16.3. The lowest BCUT2D eigenvalue weighted by Gasteiger charge is -2.29. The molecule has 124 valence electrons. The molecule has 7 nitrogen and oxygen atoms in total. The molecule has 0 saturated heterocycles. The number of nitrogens with zero attached hydrogens (tertiary/aromatic N) is 2. The predicted molar refractivity (Wildman–Crippen MR) is 81.1 cm³/mol.